The molecule has 0 bridgehead atoms. The first kappa shape index (κ1) is 13.4. The topological polar surface area (TPSA) is 70.7 Å². The summed E-state index contributed by atoms with van der Waals surface area (Å²) in [6.07, 6.45) is 6.93. The second-order valence-electron chi connectivity index (χ2n) is 5.20. The van der Waals surface area contributed by atoms with Crippen LogP contribution in [0.15, 0.2) is 55.2 Å². The van der Waals surface area contributed by atoms with Crippen molar-refractivity contribution in [3.63, 3.8) is 0 Å². The van der Waals surface area contributed by atoms with Gasteiger partial charge in [-0.15, -0.1) is 5.10 Å². The van der Waals surface area contributed by atoms with Crippen LogP contribution in [0.3, 0.4) is 0 Å². The second-order valence-corrected chi connectivity index (χ2v) is 5.20. The normalized spacial score (nSPS) is 11.0. The molecule has 0 atom stereocenters. The molecule has 7 nitrogen and oxygen atoms in total. The molecule has 0 amide bonds. The van der Waals surface area contributed by atoms with Crippen molar-refractivity contribution >= 4 is 10.9 Å². The van der Waals surface area contributed by atoms with Crippen molar-refractivity contribution in [2.24, 2.45) is 7.05 Å². The van der Waals surface area contributed by atoms with Gasteiger partial charge in [0.1, 0.15) is 12.1 Å². The maximum absolute atomic E-state index is 5.85. The maximum atomic E-state index is 5.85. The minimum atomic E-state index is 0.505. The largest absolute Gasteiger partial charge is 0.439 e. The number of hydrogen-bond donors (Lipinski definition) is 0. The fourth-order valence-electron chi connectivity index (χ4n) is 2.45. The van der Waals surface area contributed by atoms with E-state index in [0.717, 1.165) is 22.3 Å². The van der Waals surface area contributed by atoms with Gasteiger partial charge in [-0.25, -0.2) is 14.6 Å². The van der Waals surface area contributed by atoms with E-state index in [4.69, 9.17) is 4.74 Å². The molecule has 23 heavy (non-hydrogen) atoms. The van der Waals surface area contributed by atoms with Crippen LogP contribution in [0.25, 0.3) is 10.9 Å². The molecule has 4 aromatic rings. The Bertz CT molecular complexity index is 944. The number of aromatic nitrogens is 6. The lowest BCUT2D eigenvalue weighted by Crippen LogP contribution is -2.03. The Morgan fingerprint density at radius 2 is 2.04 bits per heavy atom. The van der Waals surface area contributed by atoms with Gasteiger partial charge >= 0.3 is 0 Å². The van der Waals surface area contributed by atoms with E-state index < -0.39 is 0 Å². The molecule has 0 N–H and O–H groups in total. The summed E-state index contributed by atoms with van der Waals surface area (Å²) in [4.78, 5) is 8.39. The molecule has 0 saturated carbocycles. The Hall–Kier alpha value is -3.22. The smallest absolute Gasteiger partial charge is 0.222 e. The van der Waals surface area contributed by atoms with Crippen molar-refractivity contribution in [1.29, 1.82) is 0 Å². The lowest BCUT2D eigenvalue weighted by molar-refractivity contribution is 0.460. The highest BCUT2D eigenvalue weighted by atomic mass is 16.5. The zero-order valence-corrected chi connectivity index (χ0v) is 12.5. The zero-order chi connectivity index (χ0) is 15.6. The van der Waals surface area contributed by atoms with Gasteiger partial charge < -0.3 is 9.30 Å². The first-order chi connectivity index (χ1) is 11.3. The molecule has 0 aliphatic heterocycles. The summed E-state index contributed by atoms with van der Waals surface area (Å²) in [5.74, 6) is 1.25. The van der Waals surface area contributed by atoms with Gasteiger partial charge in [0.2, 0.25) is 5.88 Å². The molecule has 0 spiro atoms. The molecule has 114 valence electrons. The third-order valence-electron chi connectivity index (χ3n) is 3.57. The van der Waals surface area contributed by atoms with Crippen LogP contribution in [0.4, 0.5) is 0 Å². The zero-order valence-electron chi connectivity index (χ0n) is 12.5. The van der Waals surface area contributed by atoms with Crippen LogP contribution in [0.5, 0.6) is 11.6 Å². The van der Waals surface area contributed by atoms with Crippen molar-refractivity contribution in [3.05, 3.63) is 60.9 Å². The van der Waals surface area contributed by atoms with Crippen molar-refractivity contribution in [3.8, 4) is 11.6 Å². The first-order valence-corrected chi connectivity index (χ1v) is 7.16. The van der Waals surface area contributed by atoms with Gasteiger partial charge in [0, 0.05) is 36.4 Å². The lowest BCUT2D eigenvalue weighted by Gasteiger charge is -2.06. The highest BCUT2D eigenvalue weighted by Crippen LogP contribution is 2.25. The summed E-state index contributed by atoms with van der Waals surface area (Å²) in [5.41, 5.74) is 1.97. The minimum absolute atomic E-state index is 0.505. The van der Waals surface area contributed by atoms with E-state index in [0.29, 0.717) is 12.4 Å². The Labute approximate surface area is 132 Å². The average molecular weight is 306 g/mol. The van der Waals surface area contributed by atoms with Crippen molar-refractivity contribution in [1.82, 2.24) is 29.5 Å². The highest BCUT2D eigenvalue weighted by Gasteiger charge is 2.05. The van der Waals surface area contributed by atoms with Gasteiger partial charge in [0.05, 0.1) is 18.4 Å². The van der Waals surface area contributed by atoms with Crippen LogP contribution in [0, 0.1) is 0 Å². The van der Waals surface area contributed by atoms with Crippen molar-refractivity contribution in [2.45, 2.75) is 6.54 Å². The van der Waals surface area contributed by atoms with Gasteiger partial charge in [-0.2, -0.15) is 0 Å². The Morgan fingerprint density at radius 1 is 1.09 bits per heavy atom. The molecule has 4 rings (SSSR count). The summed E-state index contributed by atoms with van der Waals surface area (Å²) < 4.78 is 9.62. The molecule has 1 aromatic carbocycles. The van der Waals surface area contributed by atoms with E-state index in [-0.39, 0.29) is 0 Å². The van der Waals surface area contributed by atoms with Gasteiger partial charge in [0.25, 0.3) is 0 Å². The van der Waals surface area contributed by atoms with Crippen LogP contribution >= 0.6 is 0 Å². The highest BCUT2D eigenvalue weighted by molar-refractivity contribution is 5.81. The lowest BCUT2D eigenvalue weighted by atomic mass is 10.2. The van der Waals surface area contributed by atoms with E-state index in [2.05, 4.69) is 30.9 Å². The number of benzene rings is 1. The van der Waals surface area contributed by atoms with Crippen LogP contribution in [0.1, 0.15) is 5.69 Å². The fourth-order valence-corrected chi connectivity index (χ4v) is 2.45. The molecular weight excluding hydrogens is 292 g/mol. The van der Waals surface area contributed by atoms with Crippen LogP contribution in [-0.2, 0) is 13.6 Å². The monoisotopic (exact) mass is 306 g/mol. The molecule has 0 unspecified atom stereocenters. The first-order valence-electron chi connectivity index (χ1n) is 7.16. The third-order valence-corrected chi connectivity index (χ3v) is 3.57. The molecule has 0 aliphatic rings. The Morgan fingerprint density at radius 3 is 2.91 bits per heavy atom. The van der Waals surface area contributed by atoms with E-state index >= 15 is 0 Å². The Balaban J connectivity index is 1.57. The number of fused-ring (bicyclic) bond motifs is 1. The average Bonchev–Trinajstić information content (AvgIpc) is 3.18. The molecule has 3 aromatic heterocycles. The van der Waals surface area contributed by atoms with Gasteiger partial charge in [-0.1, -0.05) is 5.21 Å². The molecule has 0 aliphatic carbocycles. The number of ether oxygens (including phenoxy) is 1. The summed E-state index contributed by atoms with van der Waals surface area (Å²) in [5, 5.41) is 8.83. The minimum Gasteiger partial charge on any atom is -0.439 e. The summed E-state index contributed by atoms with van der Waals surface area (Å²) in [6, 6.07) is 9.81. The summed E-state index contributed by atoms with van der Waals surface area (Å²) in [6.45, 7) is 0.524. The van der Waals surface area contributed by atoms with Gasteiger partial charge in [-0.05, 0) is 24.3 Å². The van der Waals surface area contributed by atoms with Crippen LogP contribution in [0.2, 0.25) is 0 Å². The number of hydrogen-bond acceptors (Lipinski definition) is 5. The van der Waals surface area contributed by atoms with E-state index in [9.17, 15) is 0 Å². The van der Waals surface area contributed by atoms with Gasteiger partial charge in [-0.3, -0.25) is 0 Å². The predicted octanol–water partition coefficient (Wildman–Crippen LogP) is 2.40. The third kappa shape index (κ3) is 2.76. The molecular formula is C16H14N6O. The number of aryl methyl sites for hydroxylation is 1. The van der Waals surface area contributed by atoms with Crippen LogP contribution < -0.4 is 4.74 Å². The molecule has 3 heterocycles. The Kier molecular flexibility index (Phi) is 3.23. The number of nitrogens with zero attached hydrogens (tertiary/aromatic N) is 6. The van der Waals surface area contributed by atoms with Crippen LogP contribution in [-0.4, -0.2) is 29.5 Å². The fraction of sp³-hybridized carbons (Fsp3) is 0.125. The second kappa shape index (κ2) is 5.53. The van der Waals surface area contributed by atoms with Crippen molar-refractivity contribution < 1.29 is 4.74 Å². The van der Waals surface area contributed by atoms with Crippen molar-refractivity contribution in [2.75, 3.05) is 0 Å². The standard InChI is InChI=1S/C16H14N6O/c1-21-6-4-12-8-14(2-3-15(12)21)23-16-9-13(17-11-18-16)10-22-7-5-19-20-22/h2-9,11H,10H2,1H3. The molecule has 7 heteroatoms. The molecule has 0 fully saturated rings. The summed E-state index contributed by atoms with van der Waals surface area (Å²) >= 11 is 0. The van der Waals surface area contributed by atoms with E-state index in [1.807, 2.05) is 31.4 Å². The summed E-state index contributed by atoms with van der Waals surface area (Å²) in [7, 11) is 2.02. The predicted molar refractivity (Wildman–Crippen MR) is 84.1 cm³/mol. The SMILES string of the molecule is Cn1ccc2cc(Oc3cc(Cn4ccnn4)ncn3)ccc21. The van der Waals surface area contributed by atoms with E-state index in [1.54, 1.807) is 23.1 Å². The maximum Gasteiger partial charge on any atom is 0.222 e. The quantitative estimate of drug-likeness (QED) is 0.579. The molecule has 0 saturated heterocycles. The molecule has 0 radical (unpaired) electrons. The number of rotatable bonds is 4. The van der Waals surface area contributed by atoms with E-state index in [1.165, 1.54) is 6.33 Å². The van der Waals surface area contributed by atoms with Gasteiger partial charge in [0.15, 0.2) is 0 Å².